The number of rotatable bonds is 4. The molecule has 0 fully saturated rings. The van der Waals surface area contributed by atoms with Crippen LogP contribution in [-0.2, 0) is 9.53 Å². The van der Waals surface area contributed by atoms with Crippen molar-refractivity contribution < 1.29 is 13.9 Å². The van der Waals surface area contributed by atoms with Crippen LogP contribution in [0.2, 0.25) is 0 Å². The molecule has 0 bridgehead atoms. The van der Waals surface area contributed by atoms with Crippen LogP contribution in [0.5, 0.6) is 0 Å². The van der Waals surface area contributed by atoms with E-state index in [2.05, 4.69) is 15.3 Å². The number of hydrazone groups is 1. The first-order chi connectivity index (χ1) is 8.17. The number of nitriles is 1. The molecule has 1 rings (SSSR count). The monoisotopic (exact) mass is 235 g/mol. The molecule has 0 heterocycles. The minimum absolute atomic E-state index is 0.163. The van der Waals surface area contributed by atoms with Crippen LogP contribution in [0.3, 0.4) is 0 Å². The first-order valence-electron chi connectivity index (χ1n) is 4.84. The Morgan fingerprint density at radius 1 is 1.53 bits per heavy atom. The van der Waals surface area contributed by atoms with Crippen molar-refractivity contribution in [2.24, 2.45) is 5.10 Å². The lowest BCUT2D eigenvalue weighted by molar-refractivity contribution is -0.134. The van der Waals surface area contributed by atoms with Crippen LogP contribution >= 0.6 is 0 Å². The van der Waals surface area contributed by atoms with Crippen molar-refractivity contribution >= 4 is 17.4 Å². The minimum atomic E-state index is -0.801. The number of hydrogen-bond acceptors (Lipinski definition) is 5. The Bertz CT molecular complexity index is 463. The highest BCUT2D eigenvalue weighted by Gasteiger charge is 2.11. The molecular formula is C11H10FN3O2. The molecule has 0 amide bonds. The number of anilines is 1. The molecule has 17 heavy (non-hydrogen) atoms. The van der Waals surface area contributed by atoms with Gasteiger partial charge in [0.1, 0.15) is 11.9 Å². The van der Waals surface area contributed by atoms with Crippen LogP contribution in [-0.4, -0.2) is 18.3 Å². The fourth-order valence-electron chi connectivity index (χ4n) is 0.961. The number of halogens is 1. The summed E-state index contributed by atoms with van der Waals surface area (Å²) in [5.74, 6) is -1.19. The summed E-state index contributed by atoms with van der Waals surface area (Å²) >= 11 is 0. The van der Waals surface area contributed by atoms with Gasteiger partial charge in [0, 0.05) is 0 Å². The quantitative estimate of drug-likeness (QED) is 0.489. The molecule has 0 aliphatic rings. The van der Waals surface area contributed by atoms with E-state index in [1.807, 2.05) is 0 Å². The van der Waals surface area contributed by atoms with Crippen molar-refractivity contribution in [2.75, 3.05) is 12.0 Å². The van der Waals surface area contributed by atoms with Crippen molar-refractivity contribution in [2.45, 2.75) is 6.92 Å². The number of benzene rings is 1. The number of esters is 1. The highest BCUT2D eigenvalue weighted by atomic mass is 19.1. The topological polar surface area (TPSA) is 74.5 Å². The zero-order valence-corrected chi connectivity index (χ0v) is 9.11. The number of nitrogens with one attached hydrogen (secondary N) is 1. The van der Waals surface area contributed by atoms with Gasteiger partial charge in [0.15, 0.2) is 0 Å². The van der Waals surface area contributed by atoms with Crippen LogP contribution < -0.4 is 5.43 Å². The molecule has 0 atom stereocenters. The van der Waals surface area contributed by atoms with Crippen molar-refractivity contribution in [1.29, 1.82) is 5.26 Å². The van der Waals surface area contributed by atoms with E-state index in [0.717, 1.165) is 0 Å². The first-order valence-corrected chi connectivity index (χ1v) is 4.84. The lowest BCUT2D eigenvalue weighted by Crippen LogP contribution is -2.17. The average molecular weight is 235 g/mol. The standard InChI is InChI=1S/C11H10FN3O2/c1-2-17-11(16)10(7-13)15-14-9-5-3-8(12)4-6-9/h3-6,14H,2H2,1H3. The van der Waals surface area contributed by atoms with Gasteiger partial charge in [-0.2, -0.15) is 10.4 Å². The van der Waals surface area contributed by atoms with Crippen LogP contribution in [0.25, 0.3) is 0 Å². The Morgan fingerprint density at radius 2 is 2.18 bits per heavy atom. The van der Waals surface area contributed by atoms with E-state index in [0.29, 0.717) is 5.69 Å². The predicted octanol–water partition coefficient (Wildman–Crippen LogP) is 1.68. The average Bonchev–Trinajstić information content (AvgIpc) is 2.32. The molecule has 1 aromatic carbocycles. The Morgan fingerprint density at radius 3 is 2.71 bits per heavy atom. The van der Waals surface area contributed by atoms with Crippen LogP contribution in [0, 0.1) is 17.1 Å². The minimum Gasteiger partial charge on any atom is -0.461 e. The Balaban J connectivity index is 2.71. The summed E-state index contributed by atoms with van der Waals surface area (Å²) < 4.78 is 17.2. The van der Waals surface area contributed by atoms with E-state index in [1.165, 1.54) is 24.3 Å². The van der Waals surface area contributed by atoms with Crippen LogP contribution in [0.15, 0.2) is 29.4 Å². The summed E-state index contributed by atoms with van der Waals surface area (Å²) in [5.41, 5.74) is 2.53. The number of ether oxygens (including phenoxy) is 1. The third-order valence-electron chi connectivity index (χ3n) is 1.72. The molecule has 0 saturated carbocycles. The lowest BCUT2D eigenvalue weighted by Gasteiger charge is -2.01. The van der Waals surface area contributed by atoms with Gasteiger partial charge >= 0.3 is 5.97 Å². The van der Waals surface area contributed by atoms with Gasteiger partial charge in [-0.3, -0.25) is 5.43 Å². The third kappa shape index (κ3) is 3.91. The zero-order valence-electron chi connectivity index (χ0n) is 9.11. The second-order valence-electron chi connectivity index (χ2n) is 2.91. The molecular weight excluding hydrogens is 225 g/mol. The Kier molecular flexibility index (Phi) is 4.63. The SMILES string of the molecule is CCOC(=O)C(C#N)=NNc1ccc(F)cc1. The van der Waals surface area contributed by atoms with Gasteiger partial charge in [0.25, 0.3) is 0 Å². The molecule has 88 valence electrons. The van der Waals surface area contributed by atoms with Gasteiger partial charge in [-0.15, -0.1) is 0 Å². The van der Waals surface area contributed by atoms with Gasteiger partial charge in [0.05, 0.1) is 12.3 Å². The van der Waals surface area contributed by atoms with Gasteiger partial charge < -0.3 is 4.74 Å². The normalized spacial score (nSPS) is 10.5. The summed E-state index contributed by atoms with van der Waals surface area (Å²) in [6, 6.07) is 6.93. The molecule has 5 nitrogen and oxygen atoms in total. The fourth-order valence-corrected chi connectivity index (χ4v) is 0.961. The number of hydrogen-bond donors (Lipinski definition) is 1. The molecule has 1 N–H and O–H groups in total. The highest BCUT2D eigenvalue weighted by Crippen LogP contribution is 2.07. The van der Waals surface area contributed by atoms with Crippen molar-refractivity contribution in [3.63, 3.8) is 0 Å². The van der Waals surface area contributed by atoms with Crippen molar-refractivity contribution in [3.05, 3.63) is 30.1 Å². The summed E-state index contributed by atoms with van der Waals surface area (Å²) in [4.78, 5) is 11.2. The third-order valence-corrected chi connectivity index (χ3v) is 1.72. The van der Waals surface area contributed by atoms with Gasteiger partial charge in [-0.1, -0.05) is 0 Å². The maximum atomic E-state index is 12.6. The van der Waals surface area contributed by atoms with E-state index in [9.17, 15) is 9.18 Å². The van der Waals surface area contributed by atoms with Gasteiger partial charge in [-0.05, 0) is 31.2 Å². The summed E-state index contributed by atoms with van der Waals surface area (Å²) in [5, 5.41) is 12.2. The van der Waals surface area contributed by atoms with E-state index < -0.39 is 11.7 Å². The van der Waals surface area contributed by atoms with E-state index in [4.69, 9.17) is 5.26 Å². The van der Waals surface area contributed by atoms with Crippen molar-refractivity contribution in [1.82, 2.24) is 0 Å². The molecule has 0 spiro atoms. The lowest BCUT2D eigenvalue weighted by atomic mass is 10.3. The Hall–Kier alpha value is -2.42. The summed E-state index contributed by atoms with van der Waals surface area (Å²) in [6.45, 7) is 1.79. The van der Waals surface area contributed by atoms with E-state index in [1.54, 1.807) is 13.0 Å². The largest absolute Gasteiger partial charge is 0.461 e. The maximum Gasteiger partial charge on any atom is 0.369 e. The smallest absolute Gasteiger partial charge is 0.369 e. The number of carbonyl (C=O) groups is 1. The predicted molar refractivity (Wildman–Crippen MR) is 59.7 cm³/mol. The van der Waals surface area contributed by atoms with Crippen LogP contribution in [0.4, 0.5) is 10.1 Å². The molecule has 0 aromatic heterocycles. The Labute approximate surface area is 97.5 Å². The second-order valence-corrected chi connectivity index (χ2v) is 2.91. The van der Waals surface area contributed by atoms with Gasteiger partial charge in [0.2, 0.25) is 5.71 Å². The molecule has 0 saturated heterocycles. The molecule has 0 unspecified atom stereocenters. The zero-order chi connectivity index (χ0) is 12.7. The number of nitrogens with zero attached hydrogens (tertiary/aromatic N) is 2. The summed E-state index contributed by atoms with van der Waals surface area (Å²) in [7, 11) is 0. The van der Waals surface area contributed by atoms with Gasteiger partial charge in [-0.25, -0.2) is 9.18 Å². The first kappa shape index (κ1) is 12.6. The van der Waals surface area contributed by atoms with E-state index in [-0.39, 0.29) is 12.4 Å². The maximum absolute atomic E-state index is 12.6. The van der Waals surface area contributed by atoms with E-state index >= 15 is 0 Å². The molecule has 0 aliphatic heterocycles. The highest BCUT2D eigenvalue weighted by molar-refractivity contribution is 6.43. The fraction of sp³-hybridized carbons (Fsp3) is 0.182. The molecule has 1 aromatic rings. The molecule has 0 radical (unpaired) electrons. The van der Waals surface area contributed by atoms with Crippen LogP contribution in [0.1, 0.15) is 6.92 Å². The van der Waals surface area contributed by atoms with Crippen molar-refractivity contribution in [3.8, 4) is 6.07 Å². The molecule has 6 heteroatoms. The summed E-state index contributed by atoms with van der Waals surface area (Å²) in [6.07, 6.45) is 0. The number of carbonyl (C=O) groups excluding carboxylic acids is 1. The molecule has 0 aliphatic carbocycles. The second kappa shape index (κ2) is 6.23.